The monoisotopic (exact) mass is 268 g/mol. The molecule has 5 nitrogen and oxygen atoms in total. The highest BCUT2D eigenvalue weighted by Gasteiger charge is 2.12. The van der Waals surface area contributed by atoms with E-state index >= 15 is 0 Å². The highest BCUT2D eigenvalue weighted by molar-refractivity contribution is 6.15. The van der Waals surface area contributed by atoms with E-state index in [1.54, 1.807) is 0 Å². The molecule has 0 unspecified atom stereocenters. The van der Waals surface area contributed by atoms with Crippen LogP contribution in [0.4, 0.5) is 0 Å². The maximum atomic E-state index is 11.6. The number of fused-ring (bicyclic) bond motifs is 2. The standard InChI is InChI=1S/C14H10N2O.BH3O2/c15-14(17)13-9-5-1-3-7-11(9)16-12-8-4-2-6-10(12)13;2-1-3/h1-8H,(H2,15,17);1-3H. The molecule has 0 aliphatic heterocycles. The molecule has 20 heavy (non-hydrogen) atoms. The molecule has 0 fully saturated rings. The van der Waals surface area contributed by atoms with Gasteiger partial charge in [-0.15, -0.1) is 0 Å². The average Bonchev–Trinajstić information content (AvgIpc) is 2.45. The number of benzene rings is 2. The van der Waals surface area contributed by atoms with Crippen LogP contribution in [-0.4, -0.2) is 28.6 Å². The fourth-order valence-corrected chi connectivity index (χ4v) is 2.11. The van der Waals surface area contributed by atoms with Gasteiger partial charge in [0.1, 0.15) is 0 Å². The molecule has 100 valence electrons. The second-order valence-corrected chi connectivity index (χ2v) is 4.03. The smallest absolute Gasteiger partial charge is 0.430 e. The molecule has 1 aromatic heterocycles. The maximum Gasteiger partial charge on any atom is 0.432 e. The lowest BCUT2D eigenvalue weighted by Gasteiger charge is -2.07. The number of rotatable bonds is 1. The predicted molar refractivity (Wildman–Crippen MR) is 79.4 cm³/mol. The summed E-state index contributed by atoms with van der Waals surface area (Å²) >= 11 is 0. The fraction of sp³-hybridized carbons (Fsp3) is 0. The Kier molecular flexibility index (Phi) is 4.29. The predicted octanol–water partition coefficient (Wildman–Crippen LogP) is 0.724. The van der Waals surface area contributed by atoms with Crippen LogP contribution in [0.15, 0.2) is 48.5 Å². The van der Waals surface area contributed by atoms with E-state index in [1.807, 2.05) is 48.5 Å². The van der Waals surface area contributed by atoms with Gasteiger partial charge in [0.2, 0.25) is 5.91 Å². The molecular weight excluding hydrogens is 255 g/mol. The average molecular weight is 268 g/mol. The summed E-state index contributed by atoms with van der Waals surface area (Å²) in [5, 5.41) is 15.9. The van der Waals surface area contributed by atoms with E-state index in [0.717, 1.165) is 21.8 Å². The molecule has 6 heteroatoms. The van der Waals surface area contributed by atoms with Gasteiger partial charge in [-0.1, -0.05) is 36.4 Å². The number of aromatic nitrogens is 1. The highest BCUT2D eigenvalue weighted by Crippen LogP contribution is 2.25. The minimum absolute atomic E-state index is 0.417. The van der Waals surface area contributed by atoms with Gasteiger partial charge in [-0.05, 0) is 12.1 Å². The Labute approximate surface area is 116 Å². The Morgan fingerprint density at radius 3 is 1.75 bits per heavy atom. The van der Waals surface area contributed by atoms with Crippen LogP contribution in [0.3, 0.4) is 0 Å². The number of amides is 1. The van der Waals surface area contributed by atoms with Gasteiger partial charge in [0.05, 0.1) is 16.6 Å². The van der Waals surface area contributed by atoms with Crippen LogP contribution in [0.2, 0.25) is 0 Å². The zero-order valence-electron chi connectivity index (χ0n) is 10.7. The quantitative estimate of drug-likeness (QED) is 0.447. The van der Waals surface area contributed by atoms with Crippen LogP contribution in [0.5, 0.6) is 0 Å². The molecule has 3 rings (SSSR count). The number of pyridine rings is 1. The van der Waals surface area contributed by atoms with Crippen molar-refractivity contribution in [2.45, 2.75) is 0 Å². The third-order valence-corrected chi connectivity index (χ3v) is 2.83. The molecule has 2 aromatic carbocycles. The number of carbonyl (C=O) groups is 1. The molecule has 1 heterocycles. The number of carbonyl (C=O) groups excluding carboxylic acids is 1. The Morgan fingerprint density at radius 2 is 1.35 bits per heavy atom. The summed E-state index contributed by atoms with van der Waals surface area (Å²) in [5.74, 6) is -0.417. The summed E-state index contributed by atoms with van der Waals surface area (Å²) in [5.41, 5.74) is 7.61. The topological polar surface area (TPSA) is 96.4 Å². The molecule has 0 aliphatic rings. The first-order valence-corrected chi connectivity index (χ1v) is 5.98. The summed E-state index contributed by atoms with van der Waals surface area (Å²) in [6, 6.07) is 15.1. The van der Waals surface area contributed by atoms with E-state index in [9.17, 15) is 4.79 Å². The molecule has 3 aromatic rings. The second-order valence-electron chi connectivity index (χ2n) is 4.03. The molecule has 0 bridgehead atoms. The van der Waals surface area contributed by atoms with Crippen LogP contribution in [0, 0.1) is 0 Å². The first-order chi connectivity index (χ1) is 9.69. The third kappa shape index (κ3) is 2.61. The van der Waals surface area contributed by atoms with Crippen molar-refractivity contribution in [3.63, 3.8) is 0 Å². The normalized spacial score (nSPS) is 9.90. The Bertz CT molecular complexity index is 708. The van der Waals surface area contributed by atoms with E-state index in [4.69, 9.17) is 15.8 Å². The van der Waals surface area contributed by atoms with Crippen molar-refractivity contribution in [2.75, 3.05) is 0 Å². The van der Waals surface area contributed by atoms with Gasteiger partial charge >= 0.3 is 7.69 Å². The third-order valence-electron chi connectivity index (χ3n) is 2.83. The number of hydrogen-bond donors (Lipinski definition) is 3. The first kappa shape index (κ1) is 14.0. The van der Waals surface area contributed by atoms with Crippen molar-refractivity contribution in [2.24, 2.45) is 5.73 Å². The van der Waals surface area contributed by atoms with Gasteiger partial charge in [-0.3, -0.25) is 4.79 Å². The summed E-state index contributed by atoms with van der Waals surface area (Å²) in [6.07, 6.45) is 0. The summed E-state index contributed by atoms with van der Waals surface area (Å²) in [6.45, 7) is 0. The SMILES string of the molecule is NC(=O)c1c2ccccc2nc2ccccc12.OBO. The van der Waals surface area contributed by atoms with Crippen LogP contribution in [0.1, 0.15) is 10.4 Å². The first-order valence-electron chi connectivity index (χ1n) is 5.98. The minimum atomic E-state index is -0.750. The number of nitrogens with zero attached hydrogens (tertiary/aromatic N) is 1. The van der Waals surface area contributed by atoms with Gasteiger partial charge in [0.25, 0.3) is 0 Å². The van der Waals surface area contributed by atoms with Crippen LogP contribution in [0.25, 0.3) is 21.8 Å². The van der Waals surface area contributed by atoms with Crippen molar-refractivity contribution >= 4 is 35.4 Å². The van der Waals surface area contributed by atoms with Crippen LogP contribution >= 0.6 is 0 Å². The molecule has 0 radical (unpaired) electrons. The second kappa shape index (κ2) is 6.14. The van der Waals surface area contributed by atoms with Crippen molar-refractivity contribution in [1.29, 1.82) is 0 Å². The lowest BCUT2D eigenvalue weighted by molar-refractivity contribution is 0.100. The van der Waals surface area contributed by atoms with Crippen molar-refractivity contribution in [1.82, 2.24) is 4.98 Å². The van der Waals surface area contributed by atoms with Crippen molar-refractivity contribution < 1.29 is 14.8 Å². The van der Waals surface area contributed by atoms with E-state index < -0.39 is 13.6 Å². The number of primary amides is 1. The zero-order chi connectivity index (χ0) is 14.5. The number of para-hydroxylation sites is 2. The van der Waals surface area contributed by atoms with Crippen molar-refractivity contribution in [3.8, 4) is 0 Å². The summed E-state index contributed by atoms with van der Waals surface area (Å²) in [7, 11) is -0.750. The molecule has 4 N–H and O–H groups in total. The van der Waals surface area contributed by atoms with E-state index in [0.29, 0.717) is 5.56 Å². The van der Waals surface area contributed by atoms with E-state index in [-0.39, 0.29) is 0 Å². The van der Waals surface area contributed by atoms with Gasteiger partial charge in [0.15, 0.2) is 0 Å². The Balaban J connectivity index is 0.000000452. The zero-order valence-corrected chi connectivity index (χ0v) is 10.7. The van der Waals surface area contributed by atoms with Crippen LogP contribution < -0.4 is 5.73 Å². The van der Waals surface area contributed by atoms with Crippen molar-refractivity contribution in [3.05, 3.63) is 54.1 Å². The van der Waals surface area contributed by atoms with Gasteiger partial charge < -0.3 is 15.8 Å². The van der Waals surface area contributed by atoms with E-state index in [2.05, 4.69) is 4.98 Å². The maximum absolute atomic E-state index is 11.6. The largest absolute Gasteiger partial charge is 0.432 e. The highest BCUT2D eigenvalue weighted by atomic mass is 16.4. The van der Waals surface area contributed by atoms with Crippen LogP contribution in [-0.2, 0) is 0 Å². The van der Waals surface area contributed by atoms with Gasteiger partial charge in [-0.2, -0.15) is 0 Å². The molecule has 0 atom stereocenters. The molecule has 0 saturated carbocycles. The summed E-state index contributed by atoms with van der Waals surface area (Å²) in [4.78, 5) is 16.1. The lowest BCUT2D eigenvalue weighted by Crippen LogP contribution is -2.12. The lowest BCUT2D eigenvalue weighted by atomic mass is 10.0. The number of nitrogens with two attached hydrogens (primary N) is 1. The fourth-order valence-electron chi connectivity index (χ4n) is 2.11. The molecule has 0 saturated heterocycles. The summed E-state index contributed by atoms with van der Waals surface area (Å²) < 4.78 is 0. The molecule has 1 amide bonds. The van der Waals surface area contributed by atoms with Gasteiger partial charge in [-0.25, -0.2) is 4.98 Å². The Morgan fingerprint density at radius 1 is 0.950 bits per heavy atom. The molecule has 0 spiro atoms. The minimum Gasteiger partial charge on any atom is -0.430 e. The molecular formula is C14H13BN2O3. The molecule has 0 aliphatic carbocycles. The van der Waals surface area contributed by atoms with E-state index in [1.165, 1.54) is 0 Å². The Hall–Kier alpha value is -2.44. The van der Waals surface area contributed by atoms with Gasteiger partial charge in [0, 0.05) is 10.8 Å². The number of hydrogen-bond acceptors (Lipinski definition) is 4.